The number of amides is 1. The van der Waals surface area contributed by atoms with Gasteiger partial charge in [0.15, 0.2) is 0 Å². The highest BCUT2D eigenvalue weighted by molar-refractivity contribution is 7.89. The topological polar surface area (TPSA) is 66.5 Å². The van der Waals surface area contributed by atoms with Gasteiger partial charge in [-0.2, -0.15) is 4.31 Å². The molecule has 27 heavy (non-hydrogen) atoms. The van der Waals surface area contributed by atoms with E-state index in [0.29, 0.717) is 23.7 Å². The molecule has 2 aromatic carbocycles. The first-order valence-electron chi connectivity index (χ1n) is 9.05. The number of halogens is 1. The number of piperidine rings is 1. The molecule has 144 valence electrons. The molecule has 1 N–H and O–H groups in total. The molecule has 3 rings (SSSR count). The normalized spacial score (nSPS) is 16.7. The lowest BCUT2D eigenvalue weighted by Gasteiger charge is -2.26. The van der Waals surface area contributed by atoms with E-state index in [0.717, 1.165) is 24.8 Å². The van der Waals surface area contributed by atoms with Gasteiger partial charge < -0.3 is 5.32 Å². The second-order valence-corrected chi connectivity index (χ2v) is 9.05. The van der Waals surface area contributed by atoms with Gasteiger partial charge in [0.1, 0.15) is 0 Å². The zero-order valence-electron chi connectivity index (χ0n) is 15.2. The number of hydrogen-bond donors (Lipinski definition) is 1. The fourth-order valence-electron chi connectivity index (χ4n) is 3.24. The molecule has 0 bridgehead atoms. The molecule has 1 fully saturated rings. The number of hydrogen-bond acceptors (Lipinski definition) is 3. The van der Waals surface area contributed by atoms with Crippen LogP contribution in [0.2, 0.25) is 5.02 Å². The van der Waals surface area contributed by atoms with Crippen LogP contribution in [-0.2, 0) is 10.0 Å². The van der Waals surface area contributed by atoms with Gasteiger partial charge in [0.2, 0.25) is 10.0 Å². The number of nitrogens with one attached hydrogen (secondary N) is 1. The summed E-state index contributed by atoms with van der Waals surface area (Å²) in [7, 11) is -3.57. The molecule has 0 saturated carbocycles. The van der Waals surface area contributed by atoms with Crippen LogP contribution in [0.1, 0.15) is 48.1 Å². The molecule has 0 aliphatic carbocycles. The minimum Gasteiger partial charge on any atom is -0.345 e. The van der Waals surface area contributed by atoms with Crippen molar-refractivity contribution >= 4 is 27.5 Å². The average Bonchev–Trinajstić information content (AvgIpc) is 2.69. The van der Waals surface area contributed by atoms with Crippen molar-refractivity contribution in [1.82, 2.24) is 9.62 Å². The fraction of sp³-hybridized carbons (Fsp3) is 0.350. The van der Waals surface area contributed by atoms with Gasteiger partial charge in [0.05, 0.1) is 10.9 Å². The number of benzene rings is 2. The quantitative estimate of drug-likeness (QED) is 0.815. The SMILES string of the molecule is CC(NC(=O)c1cccc(S(=O)(=O)N2CCCCC2)c1)c1ccccc1Cl. The maximum Gasteiger partial charge on any atom is 0.251 e. The molecule has 0 aromatic heterocycles. The summed E-state index contributed by atoms with van der Waals surface area (Å²) in [5.41, 5.74) is 1.12. The standard InChI is InChI=1S/C20H23ClN2O3S/c1-15(18-10-3-4-11-19(18)21)22-20(24)16-8-7-9-17(14-16)27(25,26)23-12-5-2-6-13-23/h3-4,7-11,14-15H,2,5-6,12-13H2,1H3,(H,22,24). The zero-order chi connectivity index (χ0) is 19.4. The van der Waals surface area contributed by atoms with Gasteiger partial charge >= 0.3 is 0 Å². The molecule has 1 saturated heterocycles. The molecule has 2 aromatic rings. The van der Waals surface area contributed by atoms with E-state index in [2.05, 4.69) is 5.32 Å². The summed E-state index contributed by atoms with van der Waals surface area (Å²) in [5.74, 6) is -0.335. The first-order chi connectivity index (χ1) is 12.9. The smallest absolute Gasteiger partial charge is 0.251 e. The van der Waals surface area contributed by atoms with E-state index in [9.17, 15) is 13.2 Å². The van der Waals surface area contributed by atoms with Crippen LogP contribution < -0.4 is 5.32 Å². The minimum absolute atomic E-state index is 0.155. The molecule has 5 nitrogen and oxygen atoms in total. The Morgan fingerprint density at radius 1 is 1.07 bits per heavy atom. The first kappa shape index (κ1) is 19.9. The number of carbonyl (C=O) groups excluding carboxylic acids is 1. The Kier molecular flexibility index (Phi) is 6.19. The summed E-state index contributed by atoms with van der Waals surface area (Å²) < 4.78 is 27.2. The van der Waals surface area contributed by atoms with Crippen LogP contribution >= 0.6 is 11.6 Å². The predicted molar refractivity (Wildman–Crippen MR) is 106 cm³/mol. The molecule has 1 amide bonds. The Morgan fingerprint density at radius 3 is 2.48 bits per heavy atom. The molecular weight excluding hydrogens is 384 g/mol. The van der Waals surface area contributed by atoms with Crippen molar-refractivity contribution in [2.75, 3.05) is 13.1 Å². The average molecular weight is 407 g/mol. The van der Waals surface area contributed by atoms with E-state index < -0.39 is 10.0 Å². The molecule has 1 unspecified atom stereocenters. The number of nitrogens with zero attached hydrogens (tertiary/aromatic N) is 1. The lowest BCUT2D eigenvalue weighted by Crippen LogP contribution is -2.35. The minimum atomic E-state index is -3.57. The van der Waals surface area contributed by atoms with Crippen LogP contribution in [-0.4, -0.2) is 31.7 Å². The van der Waals surface area contributed by atoms with Crippen LogP contribution in [0.5, 0.6) is 0 Å². The molecule has 1 heterocycles. The van der Waals surface area contributed by atoms with E-state index >= 15 is 0 Å². The van der Waals surface area contributed by atoms with Crippen molar-refractivity contribution in [3.05, 3.63) is 64.7 Å². The predicted octanol–water partition coefficient (Wildman–Crippen LogP) is 4.01. The van der Waals surface area contributed by atoms with E-state index in [-0.39, 0.29) is 16.8 Å². The first-order valence-corrected chi connectivity index (χ1v) is 10.9. The van der Waals surface area contributed by atoms with Gasteiger partial charge in [0, 0.05) is 23.7 Å². The van der Waals surface area contributed by atoms with Gasteiger partial charge in [-0.25, -0.2) is 8.42 Å². The van der Waals surface area contributed by atoms with E-state index in [1.807, 2.05) is 25.1 Å². The molecule has 1 atom stereocenters. The Labute approximate surface area is 165 Å². The Hall–Kier alpha value is -1.89. The van der Waals surface area contributed by atoms with Crippen LogP contribution in [0, 0.1) is 0 Å². The summed E-state index contributed by atoms with van der Waals surface area (Å²) in [6, 6.07) is 13.2. The molecule has 0 radical (unpaired) electrons. The summed E-state index contributed by atoms with van der Waals surface area (Å²) in [5, 5.41) is 3.46. The van der Waals surface area contributed by atoms with Crippen LogP contribution in [0.15, 0.2) is 53.4 Å². The number of sulfonamides is 1. The zero-order valence-corrected chi connectivity index (χ0v) is 16.8. The second kappa shape index (κ2) is 8.42. The number of rotatable bonds is 5. The third kappa shape index (κ3) is 4.51. The maximum absolute atomic E-state index is 12.8. The summed E-state index contributed by atoms with van der Waals surface area (Å²) >= 11 is 6.18. The van der Waals surface area contributed by atoms with Crippen molar-refractivity contribution in [3.8, 4) is 0 Å². The lowest BCUT2D eigenvalue weighted by atomic mass is 10.1. The molecular formula is C20H23ClN2O3S. The summed E-state index contributed by atoms with van der Waals surface area (Å²) in [6.07, 6.45) is 2.79. The molecule has 1 aliphatic rings. The molecule has 1 aliphatic heterocycles. The van der Waals surface area contributed by atoms with Gasteiger partial charge in [-0.3, -0.25) is 4.79 Å². The van der Waals surface area contributed by atoms with Crippen molar-refractivity contribution in [3.63, 3.8) is 0 Å². The highest BCUT2D eigenvalue weighted by Gasteiger charge is 2.26. The Bertz CT molecular complexity index is 924. The summed E-state index contributed by atoms with van der Waals surface area (Å²) in [4.78, 5) is 12.8. The van der Waals surface area contributed by atoms with Gasteiger partial charge in [0.25, 0.3) is 5.91 Å². The maximum atomic E-state index is 12.8. The van der Waals surface area contributed by atoms with Crippen molar-refractivity contribution in [1.29, 1.82) is 0 Å². The second-order valence-electron chi connectivity index (χ2n) is 6.71. The Morgan fingerprint density at radius 2 is 1.78 bits per heavy atom. The van der Waals surface area contributed by atoms with Crippen LogP contribution in [0.25, 0.3) is 0 Å². The van der Waals surface area contributed by atoms with E-state index in [4.69, 9.17) is 11.6 Å². The monoisotopic (exact) mass is 406 g/mol. The largest absolute Gasteiger partial charge is 0.345 e. The third-order valence-electron chi connectivity index (χ3n) is 4.77. The number of carbonyl (C=O) groups is 1. The van der Waals surface area contributed by atoms with E-state index in [1.54, 1.807) is 18.2 Å². The van der Waals surface area contributed by atoms with Gasteiger partial charge in [-0.15, -0.1) is 0 Å². The highest BCUT2D eigenvalue weighted by Crippen LogP contribution is 2.24. The molecule has 7 heteroatoms. The van der Waals surface area contributed by atoms with Gasteiger partial charge in [-0.1, -0.05) is 42.3 Å². The van der Waals surface area contributed by atoms with Crippen molar-refractivity contribution in [2.45, 2.75) is 37.1 Å². The van der Waals surface area contributed by atoms with Crippen LogP contribution in [0.4, 0.5) is 0 Å². The molecule has 0 spiro atoms. The highest BCUT2D eigenvalue weighted by atomic mass is 35.5. The lowest BCUT2D eigenvalue weighted by molar-refractivity contribution is 0.0939. The third-order valence-corrected chi connectivity index (χ3v) is 7.01. The van der Waals surface area contributed by atoms with E-state index in [1.165, 1.54) is 16.4 Å². The summed E-state index contributed by atoms with van der Waals surface area (Å²) in [6.45, 7) is 2.90. The van der Waals surface area contributed by atoms with Gasteiger partial charge in [-0.05, 0) is 49.6 Å². The fourth-order valence-corrected chi connectivity index (χ4v) is 5.10. The van der Waals surface area contributed by atoms with Crippen LogP contribution in [0.3, 0.4) is 0 Å². The van der Waals surface area contributed by atoms with Crippen molar-refractivity contribution in [2.24, 2.45) is 0 Å². The Balaban J connectivity index is 1.78. The van der Waals surface area contributed by atoms with Crippen molar-refractivity contribution < 1.29 is 13.2 Å².